The van der Waals surface area contributed by atoms with Crippen LogP contribution in [0.1, 0.15) is 11.4 Å². The fourth-order valence-corrected chi connectivity index (χ4v) is 1.20. The zero-order valence-electron chi connectivity index (χ0n) is 6.66. The molecule has 0 fully saturated rings. The molecule has 0 N–H and O–H groups in total. The molecule has 0 aliphatic heterocycles. The monoisotopic (exact) mass is 181 g/mol. The first-order valence-electron chi connectivity index (χ1n) is 3.67. The van der Waals surface area contributed by atoms with Gasteiger partial charge in [-0.1, -0.05) is 0 Å². The first kappa shape index (κ1) is 7.55. The maximum atomic E-state index is 5.63. The van der Waals surface area contributed by atoms with Gasteiger partial charge in [0.2, 0.25) is 5.78 Å². The van der Waals surface area contributed by atoms with E-state index in [1.165, 1.54) is 0 Å². The van der Waals surface area contributed by atoms with E-state index in [9.17, 15) is 0 Å². The van der Waals surface area contributed by atoms with Gasteiger partial charge in [-0.25, -0.2) is 9.97 Å². The molecule has 0 aliphatic rings. The van der Waals surface area contributed by atoms with Crippen LogP contribution in [0.2, 0.25) is 0 Å². The van der Waals surface area contributed by atoms with E-state index in [1.54, 1.807) is 0 Å². The Hall–Kier alpha value is -1.09. The van der Waals surface area contributed by atoms with Crippen LogP contribution in [0.3, 0.4) is 0 Å². The Labute approximate surface area is 75.0 Å². The Morgan fingerprint density at radius 1 is 1.50 bits per heavy atom. The molecule has 62 valence electrons. The Morgan fingerprint density at radius 2 is 2.33 bits per heavy atom. The third-order valence-corrected chi connectivity index (χ3v) is 1.93. The highest BCUT2D eigenvalue weighted by Crippen LogP contribution is 2.05. The minimum absolute atomic E-state index is 0.433. The lowest BCUT2D eigenvalue weighted by atomic mass is 10.5. The highest BCUT2D eigenvalue weighted by Gasteiger charge is 2.00. The van der Waals surface area contributed by atoms with Gasteiger partial charge in [0, 0.05) is 18.1 Å². The van der Waals surface area contributed by atoms with E-state index in [1.807, 2.05) is 29.8 Å². The van der Waals surface area contributed by atoms with E-state index in [2.05, 4.69) is 9.97 Å². The maximum Gasteiger partial charge on any atom is 0.234 e. The Bertz CT molecular complexity index is 408. The number of imidazole rings is 1. The topological polar surface area (TPSA) is 30.2 Å². The molecular weight excluding hydrogens is 174 g/mol. The molecule has 0 amide bonds. The molecule has 0 spiro atoms. The summed E-state index contributed by atoms with van der Waals surface area (Å²) in [5.74, 6) is 1.15. The molecule has 2 rings (SSSR count). The van der Waals surface area contributed by atoms with Crippen molar-refractivity contribution in [2.24, 2.45) is 0 Å². The summed E-state index contributed by atoms with van der Waals surface area (Å²) < 4.78 is 1.87. The zero-order valence-corrected chi connectivity index (χ0v) is 7.41. The third-order valence-electron chi connectivity index (χ3n) is 1.65. The number of fused-ring (bicyclic) bond motifs is 1. The number of alkyl halides is 1. The summed E-state index contributed by atoms with van der Waals surface area (Å²) in [6.07, 6.45) is 3.81. The summed E-state index contributed by atoms with van der Waals surface area (Å²) >= 11 is 5.63. The van der Waals surface area contributed by atoms with Crippen molar-refractivity contribution in [2.45, 2.75) is 12.8 Å². The van der Waals surface area contributed by atoms with Crippen LogP contribution >= 0.6 is 11.6 Å². The smallest absolute Gasteiger partial charge is 0.234 e. The molecule has 3 nitrogen and oxygen atoms in total. The van der Waals surface area contributed by atoms with Crippen molar-refractivity contribution in [3.63, 3.8) is 0 Å². The second kappa shape index (κ2) is 2.75. The molecule has 2 aromatic rings. The SMILES string of the molecule is Cc1ccn2cc(CCl)nc2n1. The minimum Gasteiger partial charge on any atom is -0.291 e. The van der Waals surface area contributed by atoms with E-state index in [-0.39, 0.29) is 0 Å². The van der Waals surface area contributed by atoms with Crippen LogP contribution in [-0.4, -0.2) is 14.4 Å². The highest BCUT2D eigenvalue weighted by atomic mass is 35.5. The van der Waals surface area contributed by atoms with E-state index < -0.39 is 0 Å². The molecule has 0 aliphatic carbocycles. The Morgan fingerprint density at radius 3 is 3.08 bits per heavy atom. The molecule has 12 heavy (non-hydrogen) atoms. The Balaban J connectivity index is 2.67. The van der Waals surface area contributed by atoms with E-state index in [0.717, 1.165) is 11.4 Å². The van der Waals surface area contributed by atoms with Crippen molar-refractivity contribution in [1.29, 1.82) is 0 Å². The first-order valence-corrected chi connectivity index (χ1v) is 4.20. The molecule has 2 heterocycles. The largest absolute Gasteiger partial charge is 0.291 e. The molecule has 0 bridgehead atoms. The van der Waals surface area contributed by atoms with Gasteiger partial charge in [-0.15, -0.1) is 11.6 Å². The van der Waals surface area contributed by atoms with Gasteiger partial charge in [0.15, 0.2) is 0 Å². The first-order chi connectivity index (χ1) is 5.79. The van der Waals surface area contributed by atoms with Crippen LogP contribution in [0.15, 0.2) is 18.5 Å². The van der Waals surface area contributed by atoms with E-state index in [0.29, 0.717) is 11.7 Å². The second-order valence-corrected chi connectivity index (χ2v) is 2.91. The van der Waals surface area contributed by atoms with Gasteiger partial charge in [-0.05, 0) is 13.0 Å². The lowest BCUT2D eigenvalue weighted by Crippen LogP contribution is -1.88. The van der Waals surface area contributed by atoms with Gasteiger partial charge in [0.25, 0.3) is 0 Å². The molecule has 0 unspecified atom stereocenters. The number of hydrogen-bond donors (Lipinski definition) is 0. The minimum atomic E-state index is 0.433. The van der Waals surface area contributed by atoms with E-state index in [4.69, 9.17) is 11.6 Å². The van der Waals surface area contributed by atoms with Crippen molar-refractivity contribution in [3.05, 3.63) is 29.8 Å². The fraction of sp³-hybridized carbons (Fsp3) is 0.250. The molecule has 0 aromatic carbocycles. The van der Waals surface area contributed by atoms with Gasteiger partial charge in [0.1, 0.15) is 0 Å². The van der Waals surface area contributed by atoms with Crippen LogP contribution in [0.4, 0.5) is 0 Å². The average Bonchev–Trinajstić information content (AvgIpc) is 2.46. The summed E-state index contributed by atoms with van der Waals surface area (Å²) in [5, 5.41) is 0. The zero-order chi connectivity index (χ0) is 8.55. The van der Waals surface area contributed by atoms with Gasteiger partial charge < -0.3 is 0 Å². The van der Waals surface area contributed by atoms with Crippen molar-refractivity contribution in [3.8, 4) is 0 Å². The van der Waals surface area contributed by atoms with Crippen LogP contribution in [0, 0.1) is 6.92 Å². The highest BCUT2D eigenvalue weighted by molar-refractivity contribution is 6.16. The van der Waals surface area contributed by atoms with Gasteiger partial charge >= 0.3 is 0 Å². The van der Waals surface area contributed by atoms with Crippen LogP contribution in [0.25, 0.3) is 5.78 Å². The van der Waals surface area contributed by atoms with Gasteiger partial charge in [0.05, 0.1) is 11.6 Å². The van der Waals surface area contributed by atoms with Crippen molar-refractivity contribution < 1.29 is 0 Å². The summed E-state index contributed by atoms with van der Waals surface area (Å²) in [5.41, 5.74) is 1.82. The van der Waals surface area contributed by atoms with Crippen LogP contribution < -0.4 is 0 Å². The quantitative estimate of drug-likeness (QED) is 0.628. The third kappa shape index (κ3) is 1.16. The molecule has 4 heteroatoms. The van der Waals surface area contributed by atoms with Crippen molar-refractivity contribution in [1.82, 2.24) is 14.4 Å². The number of nitrogens with zero attached hydrogens (tertiary/aromatic N) is 3. The molecule has 0 saturated heterocycles. The predicted octanol–water partition coefficient (Wildman–Crippen LogP) is 1.78. The van der Waals surface area contributed by atoms with Gasteiger partial charge in [-0.2, -0.15) is 0 Å². The van der Waals surface area contributed by atoms with E-state index >= 15 is 0 Å². The molecular formula is C8H8ClN3. The average molecular weight is 182 g/mol. The predicted molar refractivity (Wildman–Crippen MR) is 47.3 cm³/mol. The van der Waals surface area contributed by atoms with Crippen LogP contribution in [-0.2, 0) is 5.88 Å². The Kier molecular flexibility index (Phi) is 1.73. The number of aryl methyl sites for hydroxylation is 1. The number of rotatable bonds is 1. The van der Waals surface area contributed by atoms with Crippen LogP contribution in [0.5, 0.6) is 0 Å². The van der Waals surface area contributed by atoms with Crippen molar-refractivity contribution in [2.75, 3.05) is 0 Å². The normalized spacial score (nSPS) is 10.8. The second-order valence-electron chi connectivity index (χ2n) is 2.64. The summed E-state index contributed by atoms with van der Waals surface area (Å²) in [4.78, 5) is 8.45. The summed E-state index contributed by atoms with van der Waals surface area (Å²) in [6.45, 7) is 1.94. The standard InChI is InChI=1S/C8H8ClN3/c1-6-2-3-12-5-7(4-9)11-8(12)10-6/h2-3,5H,4H2,1H3. The number of halogens is 1. The fourth-order valence-electron chi connectivity index (χ4n) is 1.07. The lowest BCUT2D eigenvalue weighted by molar-refractivity contribution is 1.07. The number of hydrogen-bond acceptors (Lipinski definition) is 2. The molecule has 0 atom stereocenters. The van der Waals surface area contributed by atoms with Crippen molar-refractivity contribution >= 4 is 17.4 Å². The lowest BCUT2D eigenvalue weighted by Gasteiger charge is -1.91. The molecule has 0 saturated carbocycles. The molecule has 0 radical (unpaired) electrons. The van der Waals surface area contributed by atoms with Gasteiger partial charge in [-0.3, -0.25) is 4.40 Å². The summed E-state index contributed by atoms with van der Waals surface area (Å²) in [7, 11) is 0. The maximum absolute atomic E-state index is 5.63. The molecule has 2 aromatic heterocycles. The number of aromatic nitrogens is 3. The summed E-state index contributed by atoms with van der Waals surface area (Å²) in [6, 6.07) is 1.94.